The molecule has 1 aliphatic carbocycles. The maximum atomic E-state index is 3.34. The Labute approximate surface area is 95.4 Å². The highest BCUT2D eigenvalue weighted by Crippen LogP contribution is 2.31. The van der Waals surface area contributed by atoms with Crippen molar-refractivity contribution in [1.82, 2.24) is 10.2 Å². The summed E-state index contributed by atoms with van der Waals surface area (Å²) < 4.78 is 0. The summed E-state index contributed by atoms with van der Waals surface area (Å²) in [5.41, 5.74) is 0. The van der Waals surface area contributed by atoms with Crippen molar-refractivity contribution in [3.05, 3.63) is 0 Å². The lowest BCUT2D eigenvalue weighted by atomic mass is 10.1. The molecule has 0 spiro atoms. The van der Waals surface area contributed by atoms with Crippen LogP contribution in [0.5, 0.6) is 0 Å². The molecule has 0 radical (unpaired) electrons. The van der Waals surface area contributed by atoms with E-state index >= 15 is 0 Å². The largest absolute Gasteiger partial charge is 0.318 e. The molecule has 0 bridgehead atoms. The zero-order valence-corrected chi connectivity index (χ0v) is 10.9. The molecule has 1 fully saturated rings. The minimum Gasteiger partial charge on any atom is -0.318 e. The van der Waals surface area contributed by atoms with Crippen molar-refractivity contribution in [2.75, 3.05) is 20.1 Å². The van der Waals surface area contributed by atoms with E-state index in [4.69, 9.17) is 0 Å². The summed E-state index contributed by atoms with van der Waals surface area (Å²) >= 11 is 0. The lowest BCUT2D eigenvalue weighted by molar-refractivity contribution is 0.136. The Bertz CT molecular complexity index is 158. The lowest BCUT2D eigenvalue weighted by Gasteiger charge is -2.35. The Morgan fingerprint density at radius 2 is 2.00 bits per heavy atom. The third-order valence-corrected chi connectivity index (χ3v) is 3.36. The molecule has 90 valence electrons. The van der Waals surface area contributed by atoms with E-state index in [1.54, 1.807) is 0 Å². The molecular weight excluding hydrogens is 184 g/mol. The van der Waals surface area contributed by atoms with Gasteiger partial charge in [0.05, 0.1) is 0 Å². The molecule has 1 saturated carbocycles. The van der Waals surface area contributed by atoms with Crippen molar-refractivity contribution in [2.45, 2.75) is 58.5 Å². The van der Waals surface area contributed by atoms with Gasteiger partial charge >= 0.3 is 0 Å². The fraction of sp³-hybridized carbons (Fsp3) is 1.00. The lowest BCUT2D eigenvalue weighted by Crippen LogP contribution is -2.46. The van der Waals surface area contributed by atoms with Gasteiger partial charge in [-0.2, -0.15) is 0 Å². The molecule has 0 aromatic heterocycles. The molecule has 1 N–H and O–H groups in total. The molecule has 2 heteroatoms. The molecule has 1 unspecified atom stereocenters. The van der Waals surface area contributed by atoms with Gasteiger partial charge in [0.15, 0.2) is 0 Å². The summed E-state index contributed by atoms with van der Waals surface area (Å²) in [5, 5.41) is 3.34. The van der Waals surface area contributed by atoms with Gasteiger partial charge in [-0.15, -0.1) is 0 Å². The number of nitrogens with one attached hydrogen (secondary N) is 1. The summed E-state index contributed by atoms with van der Waals surface area (Å²) in [7, 11) is 2.07. The Hall–Kier alpha value is -0.0800. The number of hydrogen-bond acceptors (Lipinski definition) is 2. The average Bonchev–Trinajstić information content (AvgIpc) is 2.97. The highest BCUT2D eigenvalue weighted by Gasteiger charge is 2.28. The second-order valence-electron chi connectivity index (χ2n) is 5.23. The van der Waals surface area contributed by atoms with Crippen LogP contribution in [-0.2, 0) is 0 Å². The first-order valence-electron chi connectivity index (χ1n) is 6.59. The summed E-state index contributed by atoms with van der Waals surface area (Å²) in [4.78, 5) is 2.71. The van der Waals surface area contributed by atoms with Gasteiger partial charge in [0.1, 0.15) is 0 Å². The molecule has 0 aromatic carbocycles. The van der Waals surface area contributed by atoms with Gasteiger partial charge in [-0.05, 0) is 46.1 Å². The van der Waals surface area contributed by atoms with Gasteiger partial charge in [0.2, 0.25) is 0 Å². The predicted octanol–water partition coefficient (Wildman–Crippen LogP) is 2.49. The quantitative estimate of drug-likeness (QED) is 0.665. The van der Waals surface area contributed by atoms with E-state index in [2.05, 4.69) is 38.0 Å². The van der Waals surface area contributed by atoms with Crippen LogP contribution in [0.1, 0.15) is 46.5 Å². The van der Waals surface area contributed by atoms with Gasteiger partial charge in [-0.3, -0.25) is 4.90 Å². The topological polar surface area (TPSA) is 15.3 Å². The van der Waals surface area contributed by atoms with Crippen LogP contribution in [0.3, 0.4) is 0 Å². The zero-order chi connectivity index (χ0) is 11.3. The molecule has 0 amide bonds. The average molecular weight is 212 g/mol. The van der Waals surface area contributed by atoms with Crippen LogP contribution in [0.25, 0.3) is 0 Å². The van der Waals surface area contributed by atoms with Crippen molar-refractivity contribution in [2.24, 2.45) is 5.92 Å². The summed E-state index contributed by atoms with van der Waals surface area (Å²) in [6.45, 7) is 9.42. The van der Waals surface area contributed by atoms with Gasteiger partial charge in [-0.1, -0.05) is 13.3 Å². The fourth-order valence-electron chi connectivity index (χ4n) is 2.33. The van der Waals surface area contributed by atoms with Crippen LogP contribution >= 0.6 is 0 Å². The first kappa shape index (κ1) is 13.0. The molecular formula is C13H28N2. The molecule has 0 heterocycles. The monoisotopic (exact) mass is 212 g/mol. The van der Waals surface area contributed by atoms with Gasteiger partial charge in [0.25, 0.3) is 0 Å². The Kier molecular flexibility index (Phi) is 5.62. The molecule has 0 aromatic rings. The first-order chi connectivity index (χ1) is 7.19. The third-order valence-electron chi connectivity index (χ3n) is 3.36. The van der Waals surface area contributed by atoms with Crippen LogP contribution in [0, 0.1) is 5.92 Å². The summed E-state index contributed by atoms with van der Waals surface area (Å²) in [5.74, 6) is 1.00. The highest BCUT2D eigenvalue weighted by atomic mass is 15.2. The molecule has 0 saturated heterocycles. The Morgan fingerprint density at radius 1 is 1.33 bits per heavy atom. The van der Waals surface area contributed by atoms with Crippen molar-refractivity contribution in [1.29, 1.82) is 0 Å². The standard InChI is InChI=1S/C13H28N2/c1-5-6-13(9-14-4)15(11(2)3)10-12-7-8-12/h11-14H,5-10H2,1-4H3. The molecule has 2 nitrogen and oxygen atoms in total. The van der Waals surface area contributed by atoms with Gasteiger partial charge in [-0.25, -0.2) is 0 Å². The Balaban J connectivity index is 2.46. The van der Waals surface area contributed by atoms with E-state index in [0.717, 1.165) is 18.5 Å². The number of rotatable bonds is 8. The van der Waals surface area contributed by atoms with Crippen LogP contribution < -0.4 is 5.32 Å². The molecule has 1 rings (SSSR count). The second kappa shape index (κ2) is 6.49. The Morgan fingerprint density at radius 3 is 2.40 bits per heavy atom. The normalized spacial score (nSPS) is 18.8. The minimum atomic E-state index is 0.690. The van der Waals surface area contributed by atoms with Crippen molar-refractivity contribution < 1.29 is 0 Å². The number of nitrogens with zero attached hydrogens (tertiary/aromatic N) is 1. The van der Waals surface area contributed by atoms with Crippen LogP contribution in [0.15, 0.2) is 0 Å². The van der Waals surface area contributed by atoms with Crippen molar-refractivity contribution in [3.8, 4) is 0 Å². The molecule has 0 aliphatic heterocycles. The number of hydrogen-bond donors (Lipinski definition) is 1. The SMILES string of the molecule is CCCC(CNC)N(CC1CC1)C(C)C. The molecule has 1 atom stereocenters. The van der Waals surface area contributed by atoms with E-state index < -0.39 is 0 Å². The smallest absolute Gasteiger partial charge is 0.0223 e. The maximum absolute atomic E-state index is 3.34. The summed E-state index contributed by atoms with van der Waals surface area (Å²) in [6, 6.07) is 1.43. The highest BCUT2D eigenvalue weighted by molar-refractivity contribution is 4.83. The van der Waals surface area contributed by atoms with Gasteiger partial charge < -0.3 is 5.32 Å². The van der Waals surface area contributed by atoms with E-state index in [1.807, 2.05) is 0 Å². The first-order valence-corrected chi connectivity index (χ1v) is 6.59. The van der Waals surface area contributed by atoms with E-state index in [9.17, 15) is 0 Å². The van der Waals surface area contributed by atoms with Crippen LogP contribution in [0.2, 0.25) is 0 Å². The van der Waals surface area contributed by atoms with Crippen LogP contribution in [-0.4, -0.2) is 37.1 Å². The van der Waals surface area contributed by atoms with Crippen molar-refractivity contribution in [3.63, 3.8) is 0 Å². The third kappa shape index (κ3) is 4.52. The van der Waals surface area contributed by atoms with E-state index in [-0.39, 0.29) is 0 Å². The van der Waals surface area contributed by atoms with E-state index in [0.29, 0.717) is 6.04 Å². The predicted molar refractivity (Wildman–Crippen MR) is 67.2 cm³/mol. The maximum Gasteiger partial charge on any atom is 0.0223 e. The van der Waals surface area contributed by atoms with Gasteiger partial charge in [0, 0.05) is 25.2 Å². The number of likely N-dealkylation sites (N-methyl/N-ethyl adjacent to an activating group) is 1. The van der Waals surface area contributed by atoms with Crippen molar-refractivity contribution >= 4 is 0 Å². The zero-order valence-electron chi connectivity index (χ0n) is 10.9. The van der Waals surface area contributed by atoms with E-state index in [1.165, 1.54) is 32.2 Å². The van der Waals surface area contributed by atoms with Crippen LogP contribution in [0.4, 0.5) is 0 Å². The molecule has 15 heavy (non-hydrogen) atoms. The molecule has 1 aliphatic rings. The minimum absolute atomic E-state index is 0.690. The second-order valence-corrected chi connectivity index (χ2v) is 5.23. The summed E-state index contributed by atoms with van der Waals surface area (Å²) in [6.07, 6.45) is 5.54. The fourth-order valence-corrected chi connectivity index (χ4v) is 2.33.